The molecule has 2 unspecified atom stereocenters. The first-order chi connectivity index (χ1) is 20.7. The van der Waals surface area contributed by atoms with Crippen LogP contribution < -0.4 is 22.1 Å². The SMILES string of the molecule is Nc1cccc([S+]([O-])c2cccc(NC(=O)c3cc(O)cc(C(=O)Nc4cccc([S+]([O-])c5cccc(N)c5)c4)c3)c2)c1. The fraction of sp³-hybridized carbons (Fsp3) is 0. The highest BCUT2D eigenvalue weighted by molar-refractivity contribution is 7.91. The van der Waals surface area contributed by atoms with Crippen LogP contribution in [0, 0.1) is 0 Å². The molecule has 5 aromatic carbocycles. The quantitative estimate of drug-likeness (QED) is 0.115. The fourth-order valence-electron chi connectivity index (χ4n) is 4.19. The molecule has 2 amide bonds. The highest BCUT2D eigenvalue weighted by atomic mass is 32.2. The molecule has 0 fully saturated rings. The van der Waals surface area contributed by atoms with Gasteiger partial charge in [0.25, 0.3) is 11.8 Å². The van der Waals surface area contributed by atoms with Crippen LogP contribution in [0.4, 0.5) is 22.7 Å². The Hall–Kier alpha value is -4.94. The molecule has 0 aliphatic rings. The highest BCUT2D eigenvalue weighted by Gasteiger charge is 2.19. The molecule has 0 saturated heterocycles. The molecule has 0 aromatic heterocycles. The molecular weight excluding hydrogens is 585 g/mol. The molecule has 0 bridgehead atoms. The van der Waals surface area contributed by atoms with Crippen LogP contribution in [0.1, 0.15) is 20.7 Å². The van der Waals surface area contributed by atoms with E-state index in [0.29, 0.717) is 42.3 Å². The predicted molar refractivity (Wildman–Crippen MR) is 168 cm³/mol. The van der Waals surface area contributed by atoms with Crippen molar-refractivity contribution < 1.29 is 23.8 Å². The van der Waals surface area contributed by atoms with Gasteiger partial charge in [0.05, 0.1) is 0 Å². The van der Waals surface area contributed by atoms with Gasteiger partial charge in [0.15, 0.2) is 19.6 Å². The molecule has 0 aliphatic carbocycles. The number of carbonyl (C=O) groups is 2. The number of hydrogen-bond acceptors (Lipinski definition) is 7. The minimum absolute atomic E-state index is 0.0315. The summed E-state index contributed by atoms with van der Waals surface area (Å²) in [6.45, 7) is 0. The fourth-order valence-corrected chi connectivity index (χ4v) is 6.50. The zero-order valence-corrected chi connectivity index (χ0v) is 24.2. The number of phenolic OH excluding ortho intramolecular Hbond substituents is 1. The Morgan fingerprint density at radius 3 is 1.33 bits per heavy atom. The Morgan fingerprint density at radius 2 is 0.930 bits per heavy atom. The monoisotopic (exact) mass is 610 g/mol. The van der Waals surface area contributed by atoms with Crippen molar-refractivity contribution in [2.45, 2.75) is 19.6 Å². The Balaban J connectivity index is 1.30. The maximum Gasteiger partial charge on any atom is 0.255 e. The van der Waals surface area contributed by atoms with Crippen LogP contribution in [0.15, 0.2) is 135 Å². The first-order valence-corrected chi connectivity index (χ1v) is 15.2. The maximum absolute atomic E-state index is 13.1. The first-order valence-electron chi connectivity index (χ1n) is 12.9. The van der Waals surface area contributed by atoms with Crippen LogP contribution in [0.25, 0.3) is 0 Å². The summed E-state index contributed by atoms with van der Waals surface area (Å²) >= 11 is -3.05. The molecule has 216 valence electrons. The Kier molecular flexibility index (Phi) is 8.88. The lowest BCUT2D eigenvalue weighted by Crippen LogP contribution is -2.16. The summed E-state index contributed by atoms with van der Waals surface area (Å²) in [4.78, 5) is 28.1. The second kappa shape index (κ2) is 12.9. The van der Waals surface area contributed by atoms with Gasteiger partial charge in [-0.05, 0) is 66.7 Å². The van der Waals surface area contributed by atoms with Crippen LogP contribution >= 0.6 is 0 Å². The average molecular weight is 611 g/mol. The number of aromatic hydroxyl groups is 1. The zero-order chi connectivity index (χ0) is 30.5. The van der Waals surface area contributed by atoms with Crippen LogP contribution in [0.3, 0.4) is 0 Å². The number of benzene rings is 5. The predicted octanol–water partition coefficient (Wildman–Crippen LogP) is 5.39. The van der Waals surface area contributed by atoms with Gasteiger partial charge in [-0.15, -0.1) is 0 Å². The van der Waals surface area contributed by atoms with Crippen molar-refractivity contribution in [3.05, 3.63) is 126 Å². The third-order valence-corrected chi connectivity index (χ3v) is 8.93. The van der Waals surface area contributed by atoms with Crippen molar-refractivity contribution in [1.82, 2.24) is 0 Å². The highest BCUT2D eigenvalue weighted by Crippen LogP contribution is 2.27. The van der Waals surface area contributed by atoms with E-state index in [0.717, 1.165) is 0 Å². The van der Waals surface area contributed by atoms with E-state index in [1.165, 1.54) is 18.2 Å². The standard InChI is InChI=1S/C32H26N4O5S2/c33-22-5-1-9-27(16-22)42(40)29-11-3-7-24(18-29)35-31(38)20-13-21(15-26(37)14-20)32(39)36-25-8-4-12-30(19-25)43(41)28-10-2-6-23(34)17-28/h1-19,37H,33-34H2,(H,35,38)(H,36,39). The van der Waals surface area contributed by atoms with Gasteiger partial charge in [-0.3, -0.25) is 9.59 Å². The minimum atomic E-state index is -1.53. The molecule has 5 rings (SSSR count). The van der Waals surface area contributed by atoms with Crippen molar-refractivity contribution in [3.63, 3.8) is 0 Å². The molecule has 2 atom stereocenters. The lowest BCUT2D eigenvalue weighted by atomic mass is 10.1. The summed E-state index contributed by atoms with van der Waals surface area (Å²) in [6.07, 6.45) is 0. The van der Waals surface area contributed by atoms with Gasteiger partial charge in [-0.25, -0.2) is 0 Å². The van der Waals surface area contributed by atoms with Gasteiger partial charge in [-0.1, -0.05) is 24.3 Å². The third kappa shape index (κ3) is 7.29. The Bertz CT molecular complexity index is 1690. The summed E-state index contributed by atoms with van der Waals surface area (Å²) in [5.74, 6) is -1.46. The van der Waals surface area contributed by atoms with E-state index >= 15 is 0 Å². The normalized spacial score (nSPS) is 12.2. The average Bonchev–Trinajstić information content (AvgIpc) is 3.00. The Labute approximate surface area is 253 Å². The number of nitrogens with one attached hydrogen (secondary N) is 2. The topological polar surface area (TPSA) is 177 Å². The van der Waals surface area contributed by atoms with E-state index in [9.17, 15) is 23.8 Å². The second-order valence-electron chi connectivity index (χ2n) is 9.41. The molecule has 0 radical (unpaired) electrons. The number of nitrogen functional groups attached to an aromatic ring is 2. The number of anilines is 4. The van der Waals surface area contributed by atoms with Crippen LogP contribution in [-0.4, -0.2) is 26.0 Å². The number of hydrogen-bond donors (Lipinski definition) is 5. The number of phenols is 1. The van der Waals surface area contributed by atoms with Crippen molar-refractivity contribution in [2.75, 3.05) is 22.1 Å². The smallest absolute Gasteiger partial charge is 0.255 e. The lowest BCUT2D eigenvalue weighted by molar-refractivity contribution is 0.102. The molecule has 0 heterocycles. The molecule has 7 N–H and O–H groups in total. The molecule has 43 heavy (non-hydrogen) atoms. The van der Waals surface area contributed by atoms with Crippen LogP contribution in [0.2, 0.25) is 0 Å². The molecule has 0 aliphatic heterocycles. The largest absolute Gasteiger partial charge is 0.606 e. The van der Waals surface area contributed by atoms with Gasteiger partial charge >= 0.3 is 0 Å². The van der Waals surface area contributed by atoms with E-state index < -0.39 is 34.2 Å². The first kappa shape index (κ1) is 29.5. The van der Waals surface area contributed by atoms with Crippen molar-refractivity contribution in [3.8, 4) is 5.75 Å². The van der Waals surface area contributed by atoms with E-state index in [1.807, 2.05) is 0 Å². The number of carbonyl (C=O) groups excluding carboxylic acids is 2. The van der Waals surface area contributed by atoms with Crippen LogP contribution in [0.5, 0.6) is 5.75 Å². The summed E-state index contributed by atoms with van der Waals surface area (Å²) in [5, 5.41) is 15.7. The van der Waals surface area contributed by atoms with Gasteiger partial charge in [-0.2, -0.15) is 0 Å². The molecule has 0 spiro atoms. The van der Waals surface area contributed by atoms with Gasteiger partial charge in [0, 0.05) is 80.5 Å². The number of amides is 2. The molecule has 5 aromatic rings. The molecular formula is C32H26N4O5S2. The minimum Gasteiger partial charge on any atom is -0.606 e. The van der Waals surface area contributed by atoms with Gasteiger partial charge in [0.2, 0.25) is 0 Å². The van der Waals surface area contributed by atoms with E-state index in [4.69, 9.17) is 11.5 Å². The number of nitrogens with two attached hydrogens (primary N) is 2. The van der Waals surface area contributed by atoms with Gasteiger partial charge in [0.1, 0.15) is 5.75 Å². The molecule has 9 nitrogen and oxygen atoms in total. The van der Waals surface area contributed by atoms with Crippen molar-refractivity contribution in [2.24, 2.45) is 0 Å². The maximum atomic E-state index is 13.1. The van der Waals surface area contributed by atoms with E-state index in [2.05, 4.69) is 10.6 Å². The molecule has 11 heteroatoms. The summed E-state index contributed by atoms with van der Waals surface area (Å²) < 4.78 is 26.0. The summed E-state index contributed by atoms with van der Waals surface area (Å²) in [5.41, 5.74) is 13.4. The second-order valence-corrected chi connectivity index (χ2v) is 12.4. The van der Waals surface area contributed by atoms with E-state index in [1.54, 1.807) is 97.1 Å². The third-order valence-electron chi connectivity index (χ3n) is 6.20. The summed E-state index contributed by atoms with van der Waals surface area (Å²) in [6, 6.07) is 30.3. The van der Waals surface area contributed by atoms with Gasteiger partial charge < -0.3 is 36.3 Å². The van der Waals surface area contributed by atoms with Crippen molar-refractivity contribution >= 4 is 56.9 Å². The summed E-state index contributed by atoms with van der Waals surface area (Å²) in [7, 11) is 0. The molecule has 0 saturated carbocycles. The van der Waals surface area contributed by atoms with Crippen LogP contribution in [-0.2, 0) is 22.4 Å². The van der Waals surface area contributed by atoms with E-state index in [-0.39, 0.29) is 16.9 Å². The Morgan fingerprint density at radius 1 is 0.558 bits per heavy atom. The van der Waals surface area contributed by atoms with Crippen molar-refractivity contribution in [1.29, 1.82) is 0 Å². The number of rotatable bonds is 8. The lowest BCUT2D eigenvalue weighted by Gasteiger charge is -2.13. The zero-order valence-electron chi connectivity index (χ0n) is 22.5.